The van der Waals surface area contributed by atoms with Crippen molar-refractivity contribution in [2.75, 3.05) is 27.2 Å². The van der Waals surface area contributed by atoms with Crippen LogP contribution in [0.4, 0.5) is 4.79 Å². The van der Waals surface area contributed by atoms with Gasteiger partial charge in [0.2, 0.25) is 0 Å². The Morgan fingerprint density at radius 1 is 1.32 bits per heavy atom. The normalized spacial score (nSPS) is 32.3. The lowest BCUT2D eigenvalue weighted by atomic mass is 9.84. The summed E-state index contributed by atoms with van der Waals surface area (Å²) in [6.07, 6.45) is 2.98. The van der Waals surface area contributed by atoms with Gasteiger partial charge in [-0.15, -0.1) is 0 Å². The maximum Gasteiger partial charge on any atom is 0.317 e. The third-order valence-corrected chi connectivity index (χ3v) is 4.54. The van der Waals surface area contributed by atoms with Gasteiger partial charge in [0.25, 0.3) is 0 Å². The van der Waals surface area contributed by atoms with E-state index in [2.05, 4.69) is 10.6 Å². The van der Waals surface area contributed by atoms with E-state index in [0.717, 1.165) is 25.8 Å². The van der Waals surface area contributed by atoms with E-state index in [1.165, 1.54) is 0 Å². The average molecular weight is 269 g/mol. The molecule has 0 aliphatic heterocycles. The second-order valence-electron chi connectivity index (χ2n) is 5.70. The molecule has 2 aliphatic carbocycles. The number of rotatable bonds is 5. The average Bonchev–Trinajstić information content (AvgIpc) is 2.96. The van der Waals surface area contributed by atoms with Crippen LogP contribution in [0.5, 0.6) is 0 Å². The molecule has 4 atom stereocenters. The van der Waals surface area contributed by atoms with Gasteiger partial charge < -0.3 is 20.6 Å². The third-order valence-electron chi connectivity index (χ3n) is 4.54. The highest BCUT2D eigenvalue weighted by atomic mass is 16.4. The number of nitrogens with zero attached hydrogens (tertiary/aromatic N) is 1. The summed E-state index contributed by atoms with van der Waals surface area (Å²) in [7, 11) is 3.57. The number of hydrogen-bond acceptors (Lipinski definition) is 3. The number of urea groups is 1. The summed E-state index contributed by atoms with van der Waals surface area (Å²) in [5.74, 6) is -0.584. The maximum atomic E-state index is 12.0. The summed E-state index contributed by atoms with van der Waals surface area (Å²) in [5.41, 5.74) is 0. The number of likely N-dealkylation sites (N-methyl/N-ethyl adjacent to an activating group) is 2. The summed E-state index contributed by atoms with van der Waals surface area (Å²) in [4.78, 5) is 25.0. The number of amides is 2. The SMILES string of the molecule is CNCCN(C)C(=O)NC1C2CCC(C2)C1C(=O)O. The van der Waals surface area contributed by atoms with E-state index >= 15 is 0 Å². The minimum Gasteiger partial charge on any atom is -0.481 e. The first-order valence-corrected chi connectivity index (χ1v) is 6.93. The highest BCUT2D eigenvalue weighted by Gasteiger charge is 2.51. The van der Waals surface area contributed by atoms with Crippen molar-refractivity contribution in [1.29, 1.82) is 0 Å². The fourth-order valence-corrected chi connectivity index (χ4v) is 3.49. The number of carboxylic acids is 1. The molecule has 2 rings (SSSR count). The molecule has 0 aromatic heterocycles. The smallest absolute Gasteiger partial charge is 0.317 e. The van der Waals surface area contributed by atoms with Crippen LogP contribution in [0.25, 0.3) is 0 Å². The molecule has 6 nitrogen and oxygen atoms in total. The fraction of sp³-hybridized carbons (Fsp3) is 0.846. The summed E-state index contributed by atoms with van der Waals surface area (Å²) in [5, 5.41) is 15.2. The Morgan fingerprint density at radius 3 is 2.63 bits per heavy atom. The first kappa shape index (κ1) is 14.1. The number of carboxylic acid groups (broad SMARTS) is 1. The van der Waals surface area contributed by atoms with Crippen LogP contribution in [-0.2, 0) is 4.79 Å². The van der Waals surface area contributed by atoms with E-state index in [0.29, 0.717) is 12.5 Å². The number of nitrogens with one attached hydrogen (secondary N) is 2. The first-order chi connectivity index (χ1) is 9.04. The van der Waals surface area contributed by atoms with Crippen molar-refractivity contribution < 1.29 is 14.7 Å². The zero-order valence-corrected chi connectivity index (χ0v) is 11.6. The second kappa shape index (κ2) is 5.77. The molecule has 0 saturated heterocycles. The fourth-order valence-electron chi connectivity index (χ4n) is 3.49. The molecule has 2 saturated carbocycles. The van der Waals surface area contributed by atoms with Crippen molar-refractivity contribution in [3.63, 3.8) is 0 Å². The number of fused-ring (bicyclic) bond motifs is 2. The largest absolute Gasteiger partial charge is 0.481 e. The Labute approximate surface area is 113 Å². The van der Waals surface area contributed by atoms with Crippen LogP contribution < -0.4 is 10.6 Å². The predicted octanol–water partition coefficient (Wildman–Crippen LogP) is 0.347. The molecule has 0 aromatic carbocycles. The topological polar surface area (TPSA) is 81.7 Å². The van der Waals surface area contributed by atoms with Gasteiger partial charge in [0.05, 0.1) is 5.92 Å². The van der Waals surface area contributed by atoms with Gasteiger partial charge in [-0.05, 0) is 38.1 Å². The molecule has 2 aliphatic rings. The summed E-state index contributed by atoms with van der Waals surface area (Å²) < 4.78 is 0. The molecule has 0 aromatic rings. The predicted molar refractivity (Wildman–Crippen MR) is 70.8 cm³/mol. The monoisotopic (exact) mass is 269 g/mol. The number of carbonyl (C=O) groups excluding carboxylic acids is 1. The molecule has 0 radical (unpaired) electrons. The van der Waals surface area contributed by atoms with Gasteiger partial charge >= 0.3 is 12.0 Å². The lowest BCUT2D eigenvalue weighted by molar-refractivity contribution is -0.144. The molecule has 3 N–H and O–H groups in total. The van der Waals surface area contributed by atoms with Gasteiger partial charge in [0.15, 0.2) is 0 Å². The number of hydrogen-bond donors (Lipinski definition) is 3. The highest BCUT2D eigenvalue weighted by Crippen LogP contribution is 2.48. The molecule has 2 amide bonds. The number of aliphatic carboxylic acids is 1. The van der Waals surface area contributed by atoms with Crippen molar-refractivity contribution in [1.82, 2.24) is 15.5 Å². The van der Waals surface area contributed by atoms with Crippen molar-refractivity contribution in [2.45, 2.75) is 25.3 Å². The highest BCUT2D eigenvalue weighted by molar-refractivity contribution is 5.77. The zero-order valence-electron chi connectivity index (χ0n) is 11.6. The van der Waals surface area contributed by atoms with Crippen LogP contribution in [0.1, 0.15) is 19.3 Å². The van der Waals surface area contributed by atoms with E-state index < -0.39 is 11.9 Å². The van der Waals surface area contributed by atoms with Gasteiger partial charge in [-0.25, -0.2) is 4.79 Å². The van der Waals surface area contributed by atoms with Crippen molar-refractivity contribution in [2.24, 2.45) is 17.8 Å². The van der Waals surface area contributed by atoms with Gasteiger partial charge in [-0.3, -0.25) is 4.79 Å². The Kier molecular flexibility index (Phi) is 4.29. The molecule has 2 fully saturated rings. The van der Waals surface area contributed by atoms with E-state index in [9.17, 15) is 14.7 Å². The number of carbonyl (C=O) groups is 2. The van der Waals surface area contributed by atoms with Gasteiger partial charge in [0, 0.05) is 26.2 Å². The van der Waals surface area contributed by atoms with E-state index in [1.807, 2.05) is 7.05 Å². The first-order valence-electron chi connectivity index (χ1n) is 6.93. The van der Waals surface area contributed by atoms with Crippen molar-refractivity contribution in [3.8, 4) is 0 Å². The quantitative estimate of drug-likeness (QED) is 0.672. The molecule has 0 heterocycles. The molecule has 6 heteroatoms. The molecule has 108 valence electrons. The minimum absolute atomic E-state index is 0.168. The molecule has 0 spiro atoms. The lowest BCUT2D eigenvalue weighted by Gasteiger charge is -2.30. The van der Waals surface area contributed by atoms with Gasteiger partial charge in [-0.2, -0.15) is 0 Å². The molecular weight excluding hydrogens is 246 g/mol. The maximum absolute atomic E-state index is 12.0. The van der Waals surface area contributed by atoms with Crippen LogP contribution >= 0.6 is 0 Å². The van der Waals surface area contributed by atoms with Crippen LogP contribution in [0.15, 0.2) is 0 Å². The van der Waals surface area contributed by atoms with Gasteiger partial charge in [0.1, 0.15) is 0 Å². The van der Waals surface area contributed by atoms with Crippen molar-refractivity contribution >= 4 is 12.0 Å². The van der Waals surface area contributed by atoms with Gasteiger partial charge in [-0.1, -0.05) is 0 Å². The van der Waals surface area contributed by atoms with Crippen molar-refractivity contribution in [3.05, 3.63) is 0 Å². The molecule has 2 bridgehead atoms. The Balaban J connectivity index is 1.94. The van der Waals surface area contributed by atoms with Crippen LogP contribution in [0.3, 0.4) is 0 Å². The molecule has 4 unspecified atom stereocenters. The van der Waals surface area contributed by atoms with E-state index in [1.54, 1.807) is 11.9 Å². The van der Waals surface area contributed by atoms with E-state index in [4.69, 9.17) is 0 Å². The van der Waals surface area contributed by atoms with Crippen LogP contribution in [0, 0.1) is 17.8 Å². The Bertz CT molecular complexity index is 361. The van der Waals surface area contributed by atoms with E-state index in [-0.39, 0.29) is 18.0 Å². The summed E-state index contributed by atoms with van der Waals surface area (Å²) in [6.45, 7) is 1.34. The zero-order chi connectivity index (χ0) is 14.0. The lowest BCUT2D eigenvalue weighted by Crippen LogP contribution is -2.51. The summed E-state index contributed by atoms with van der Waals surface area (Å²) >= 11 is 0. The van der Waals surface area contributed by atoms with Crippen LogP contribution in [0.2, 0.25) is 0 Å². The third kappa shape index (κ3) is 2.83. The minimum atomic E-state index is -0.768. The Hall–Kier alpha value is -1.30. The standard InChI is InChI=1S/C13H23N3O3/c1-14-5-6-16(2)13(19)15-11-9-4-3-8(7-9)10(11)12(17)18/h8-11,14H,3-7H2,1-2H3,(H,15,19)(H,17,18). The second-order valence-corrected chi connectivity index (χ2v) is 5.70. The van der Waals surface area contributed by atoms with Crippen LogP contribution in [-0.4, -0.2) is 55.2 Å². The molecular formula is C13H23N3O3. The Morgan fingerprint density at radius 2 is 2.00 bits per heavy atom. The summed E-state index contributed by atoms with van der Waals surface area (Å²) in [6, 6.07) is -0.361. The molecule has 19 heavy (non-hydrogen) atoms.